The molecule has 5 heteroatoms. The first-order valence-electron chi connectivity index (χ1n) is 9.58. The summed E-state index contributed by atoms with van der Waals surface area (Å²) in [5.41, 5.74) is 0. The van der Waals surface area contributed by atoms with E-state index < -0.39 is 0 Å². The molecule has 0 aliphatic carbocycles. The molecule has 0 unspecified atom stereocenters. The molecule has 0 aliphatic heterocycles. The fourth-order valence-corrected chi connectivity index (χ4v) is 2.64. The van der Waals surface area contributed by atoms with Gasteiger partial charge in [-0.05, 0) is 19.3 Å². The van der Waals surface area contributed by atoms with Crippen LogP contribution in [0.5, 0.6) is 0 Å². The summed E-state index contributed by atoms with van der Waals surface area (Å²) in [6, 6.07) is 0. The Morgan fingerprint density at radius 3 is 1.91 bits per heavy atom. The van der Waals surface area contributed by atoms with Crippen LogP contribution in [-0.2, 0) is 4.79 Å². The van der Waals surface area contributed by atoms with Gasteiger partial charge in [0.1, 0.15) is 0 Å². The summed E-state index contributed by atoms with van der Waals surface area (Å²) in [6.45, 7) is 3.26. The fraction of sp³-hybridized carbons (Fsp3) is 0.944. The van der Waals surface area contributed by atoms with Gasteiger partial charge in [0.15, 0.2) is 0 Å². The topological polar surface area (TPSA) is 72.8 Å². The van der Waals surface area contributed by atoms with E-state index in [1.165, 1.54) is 51.4 Å². The third kappa shape index (κ3) is 19.3. The van der Waals surface area contributed by atoms with Crippen molar-refractivity contribution in [2.24, 2.45) is 0 Å². The van der Waals surface area contributed by atoms with E-state index in [1.807, 2.05) is 0 Å². The van der Waals surface area contributed by atoms with E-state index in [-0.39, 0.29) is 17.7 Å². The lowest BCUT2D eigenvalue weighted by Gasteiger charge is -2.07. The van der Waals surface area contributed by atoms with Crippen LogP contribution < -0.4 is 5.32 Å². The van der Waals surface area contributed by atoms with Crippen LogP contribution in [0.25, 0.3) is 0 Å². The summed E-state index contributed by atoms with van der Waals surface area (Å²) < 4.78 is 0. The van der Waals surface area contributed by atoms with Crippen LogP contribution in [0, 0.1) is 0 Å². The molecule has 0 saturated heterocycles. The largest absolute Gasteiger partial charge is 0.356 e. The number of amides is 1. The van der Waals surface area contributed by atoms with Crippen molar-refractivity contribution in [3.05, 3.63) is 0 Å². The van der Waals surface area contributed by atoms with Crippen molar-refractivity contribution in [1.82, 2.24) is 10.5 Å². The highest BCUT2D eigenvalue weighted by Crippen LogP contribution is 2.10. The van der Waals surface area contributed by atoms with E-state index in [0.717, 1.165) is 38.6 Å². The standard InChI is InChI=1S/C18H38N2O3/c1-2-3-4-5-6-7-8-9-12-15-18(21)19-16-13-10-11-14-17-20(22)23/h22-23H,2-17H2,1H3,(H,19,21). The lowest BCUT2D eigenvalue weighted by Crippen LogP contribution is -2.24. The van der Waals surface area contributed by atoms with Gasteiger partial charge in [-0.2, -0.15) is 0 Å². The second-order valence-corrected chi connectivity index (χ2v) is 6.44. The summed E-state index contributed by atoms with van der Waals surface area (Å²) >= 11 is 0. The first kappa shape index (κ1) is 22.4. The van der Waals surface area contributed by atoms with Gasteiger partial charge in [0.2, 0.25) is 5.91 Å². The predicted molar refractivity (Wildman–Crippen MR) is 93.6 cm³/mol. The smallest absolute Gasteiger partial charge is 0.219 e. The van der Waals surface area contributed by atoms with Crippen LogP contribution in [0.4, 0.5) is 0 Å². The van der Waals surface area contributed by atoms with E-state index in [9.17, 15) is 4.79 Å². The zero-order valence-electron chi connectivity index (χ0n) is 15.1. The normalized spacial score (nSPS) is 11.1. The third-order valence-corrected chi connectivity index (χ3v) is 4.11. The third-order valence-electron chi connectivity index (χ3n) is 4.11. The molecule has 0 aliphatic rings. The highest BCUT2D eigenvalue weighted by Gasteiger charge is 2.01. The minimum atomic E-state index is 0.171. The SMILES string of the molecule is CCCCCCCCCCCC(=O)NCCCCCCN(O)O. The number of nitrogens with one attached hydrogen (secondary N) is 1. The van der Waals surface area contributed by atoms with Crippen LogP contribution >= 0.6 is 0 Å². The minimum absolute atomic E-state index is 0.171. The molecular formula is C18H38N2O3. The zero-order valence-corrected chi connectivity index (χ0v) is 15.1. The lowest BCUT2D eigenvalue weighted by atomic mass is 10.1. The van der Waals surface area contributed by atoms with Gasteiger partial charge < -0.3 is 5.32 Å². The van der Waals surface area contributed by atoms with Crippen molar-refractivity contribution in [3.63, 3.8) is 0 Å². The van der Waals surface area contributed by atoms with Crippen molar-refractivity contribution in [2.75, 3.05) is 13.1 Å². The van der Waals surface area contributed by atoms with Gasteiger partial charge in [-0.15, -0.1) is 0 Å². The van der Waals surface area contributed by atoms with Crippen molar-refractivity contribution < 1.29 is 15.2 Å². The van der Waals surface area contributed by atoms with E-state index in [4.69, 9.17) is 10.4 Å². The minimum Gasteiger partial charge on any atom is -0.356 e. The lowest BCUT2D eigenvalue weighted by molar-refractivity contribution is -0.306. The van der Waals surface area contributed by atoms with Crippen LogP contribution in [-0.4, -0.2) is 34.6 Å². The van der Waals surface area contributed by atoms with Crippen molar-refractivity contribution >= 4 is 5.91 Å². The average molecular weight is 331 g/mol. The summed E-state index contributed by atoms with van der Waals surface area (Å²) in [5.74, 6) is 0.171. The van der Waals surface area contributed by atoms with E-state index in [1.54, 1.807) is 0 Å². The Morgan fingerprint density at radius 2 is 1.30 bits per heavy atom. The second kappa shape index (κ2) is 17.7. The molecule has 1 amide bonds. The van der Waals surface area contributed by atoms with E-state index in [2.05, 4.69) is 12.2 Å². The fourth-order valence-electron chi connectivity index (χ4n) is 2.64. The number of nitrogens with zero attached hydrogens (tertiary/aromatic N) is 1. The molecule has 0 aromatic carbocycles. The molecule has 5 nitrogen and oxygen atoms in total. The Kier molecular flexibility index (Phi) is 17.2. The molecule has 138 valence electrons. The van der Waals surface area contributed by atoms with Gasteiger partial charge in [0.25, 0.3) is 0 Å². The number of hydrogen-bond acceptors (Lipinski definition) is 4. The van der Waals surface area contributed by atoms with Crippen molar-refractivity contribution in [1.29, 1.82) is 0 Å². The van der Waals surface area contributed by atoms with Crippen LogP contribution in [0.3, 0.4) is 0 Å². The molecule has 0 spiro atoms. The maximum Gasteiger partial charge on any atom is 0.219 e. The number of carbonyl (C=O) groups is 1. The molecule has 0 heterocycles. The molecule has 23 heavy (non-hydrogen) atoms. The Bertz CT molecular complexity index is 261. The number of carbonyl (C=O) groups excluding carboxylic acids is 1. The maximum atomic E-state index is 11.6. The highest BCUT2D eigenvalue weighted by atomic mass is 16.8. The first-order chi connectivity index (χ1) is 11.2. The molecule has 0 radical (unpaired) electrons. The number of hydrogen-bond donors (Lipinski definition) is 3. The summed E-state index contributed by atoms with van der Waals surface area (Å²) in [6.07, 6.45) is 15.8. The Labute approximate surface area is 142 Å². The van der Waals surface area contributed by atoms with Gasteiger partial charge in [-0.3, -0.25) is 15.2 Å². The van der Waals surface area contributed by atoms with Gasteiger partial charge in [-0.1, -0.05) is 76.4 Å². The quantitative estimate of drug-likeness (QED) is 0.268. The zero-order chi connectivity index (χ0) is 17.2. The number of rotatable bonds is 17. The molecular weight excluding hydrogens is 292 g/mol. The highest BCUT2D eigenvalue weighted by molar-refractivity contribution is 5.75. The summed E-state index contributed by atoms with van der Waals surface area (Å²) in [4.78, 5) is 11.6. The molecule has 0 bridgehead atoms. The molecule has 0 aromatic heterocycles. The Hall–Kier alpha value is -0.650. The molecule has 0 saturated carbocycles. The van der Waals surface area contributed by atoms with Crippen LogP contribution in [0.2, 0.25) is 0 Å². The first-order valence-corrected chi connectivity index (χ1v) is 9.58. The second-order valence-electron chi connectivity index (χ2n) is 6.44. The Morgan fingerprint density at radius 1 is 0.783 bits per heavy atom. The van der Waals surface area contributed by atoms with Crippen molar-refractivity contribution in [3.8, 4) is 0 Å². The van der Waals surface area contributed by atoms with Gasteiger partial charge in [0.05, 0.1) is 6.54 Å². The Balaban J connectivity index is 3.16. The number of unbranched alkanes of at least 4 members (excludes halogenated alkanes) is 11. The molecule has 0 atom stereocenters. The average Bonchev–Trinajstić information content (AvgIpc) is 2.52. The molecule has 0 rings (SSSR count). The van der Waals surface area contributed by atoms with Crippen LogP contribution in [0.1, 0.15) is 96.8 Å². The monoisotopic (exact) mass is 330 g/mol. The molecule has 0 fully saturated rings. The molecule has 0 aromatic rings. The summed E-state index contributed by atoms with van der Waals surface area (Å²) in [7, 11) is 0. The molecule has 3 N–H and O–H groups in total. The number of hydroxylamine groups is 2. The maximum absolute atomic E-state index is 11.6. The van der Waals surface area contributed by atoms with Gasteiger partial charge in [0, 0.05) is 13.0 Å². The van der Waals surface area contributed by atoms with Crippen molar-refractivity contribution in [2.45, 2.75) is 96.8 Å². The van der Waals surface area contributed by atoms with Gasteiger partial charge in [-0.25, -0.2) is 0 Å². The predicted octanol–water partition coefficient (Wildman–Crippen LogP) is 4.66. The van der Waals surface area contributed by atoms with E-state index >= 15 is 0 Å². The van der Waals surface area contributed by atoms with Crippen LogP contribution in [0.15, 0.2) is 0 Å². The summed E-state index contributed by atoms with van der Waals surface area (Å²) in [5, 5.41) is 20.3. The van der Waals surface area contributed by atoms with Gasteiger partial charge >= 0.3 is 0 Å². The van der Waals surface area contributed by atoms with E-state index in [0.29, 0.717) is 6.42 Å².